The molecule has 0 aliphatic carbocycles. The summed E-state index contributed by atoms with van der Waals surface area (Å²) in [6.45, 7) is 0. The van der Waals surface area contributed by atoms with Crippen LogP contribution >= 0.6 is 24.0 Å². The third-order valence-electron chi connectivity index (χ3n) is 2.94. The van der Waals surface area contributed by atoms with Crippen LogP contribution in [0.2, 0.25) is 0 Å². The van der Waals surface area contributed by atoms with Crippen molar-refractivity contribution < 1.29 is 13.6 Å². The SMILES string of the molecule is O=C1/C(=C/c2ccc(F)c(F)c2)SC(=S)N1c1cccnc1. The summed E-state index contributed by atoms with van der Waals surface area (Å²) in [6.07, 6.45) is 4.61. The summed E-state index contributed by atoms with van der Waals surface area (Å²) >= 11 is 6.31. The van der Waals surface area contributed by atoms with Gasteiger partial charge in [-0.25, -0.2) is 8.78 Å². The second-order valence-electron chi connectivity index (χ2n) is 4.40. The molecule has 0 spiro atoms. The van der Waals surface area contributed by atoms with Crippen LogP contribution in [-0.4, -0.2) is 15.2 Å². The minimum Gasteiger partial charge on any atom is -0.268 e. The highest BCUT2D eigenvalue weighted by Crippen LogP contribution is 2.35. The van der Waals surface area contributed by atoms with Gasteiger partial charge in [0.15, 0.2) is 16.0 Å². The van der Waals surface area contributed by atoms with Gasteiger partial charge in [-0.15, -0.1) is 0 Å². The fourth-order valence-corrected chi connectivity index (χ4v) is 3.23. The van der Waals surface area contributed by atoms with Gasteiger partial charge in [0.25, 0.3) is 5.91 Å². The molecule has 3 nitrogen and oxygen atoms in total. The number of hydrogen-bond donors (Lipinski definition) is 0. The van der Waals surface area contributed by atoms with Gasteiger partial charge >= 0.3 is 0 Å². The lowest BCUT2D eigenvalue weighted by molar-refractivity contribution is -0.113. The fourth-order valence-electron chi connectivity index (χ4n) is 1.93. The fraction of sp³-hybridized carbons (Fsp3) is 0. The lowest BCUT2D eigenvalue weighted by Gasteiger charge is -2.13. The van der Waals surface area contributed by atoms with E-state index in [0.29, 0.717) is 20.5 Å². The quantitative estimate of drug-likeness (QED) is 0.618. The van der Waals surface area contributed by atoms with Gasteiger partial charge < -0.3 is 0 Å². The zero-order valence-electron chi connectivity index (χ0n) is 11.0. The Kier molecular flexibility index (Phi) is 4.00. The van der Waals surface area contributed by atoms with E-state index in [1.807, 2.05) is 0 Å². The molecular weight excluding hydrogens is 326 g/mol. The molecule has 7 heteroatoms. The monoisotopic (exact) mass is 334 g/mol. The van der Waals surface area contributed by atoms with Gasteiger partial charge in [0.05, 0.1) is 16.8 Å². The third kappa shape index (κ3) is 2.77. The Labute approximate surface area is 134 Å². The Hall–Kier alpha value is -2.12. The predicted octanol–water partition coefficient (Wildman–Crippen LogP) is 3.77. The number of aromatic nitrogens is 1. The van der Waals surface area contributed by atoms with Crippen LogP contribution in [0.1, 0.15) is 5.56 Å². The van der Waals surface area contributed by atoms with Crippen molar-refractivity contribution in [2.24, 2.45) is 0 Å². The normalized spacial score (nSPS) is 16.6. The molecule has 1 aliphatic rings. The zero-order chi connectivity index (χ0) is 15.7. The molecule has 2 heterocycles. The number of rotatable bonds is 2. The maximum atomic E-state index is 13.2. The first-order valence-electron chi connectivity index (χ1n) is 6.19. The number of amides is 1. The van der Waals surface area contributed by atoms with Crippen LogP contribution in [0.25, 0.3) is 6.08 Å². The molecule has 1 aromatic carbocycles. The molecule has 0 radical (unpaired) electrons. The van der Waals surface area contributed by atoms with Crippen LogP contribution in [0.15, 0.2) is 47.6 Å². The van der Waals surface area contributed by atoms with Crippen LogP contribution in [0.3, 0.4) is 0 Å². The number of nitrogens with zero attached hydrogens (tertiary/aromatic N) is 2. The van der Waals surface area contributed by atoms with Crippen molar-refractivity contribution in [3.05, 3.63) is 64.8 Å². The highest BCUT2D eigenvalue weighted by atomic mass is 32.2. The molecule has 1 fully saturated rings. The number of hydrogen-bond acceptors (Lipinski definition) is 4. The highest BCUT2D eigenvalue weighted by Gasteiger charge is 2.33. The number of benzene rings is 1. The number of thioether (sulfide) groups is 1. The molecule has 0 saturated carbocycles. The Bertz CT molecular complexity index is 793. The Morgan fingerprint density at radius 1 is 1.23 bits per heavy atom. The summed E-state index contributed by atoms with van der Waals surface area (Å²) in [5.41, 5.74) is 0.962. The number of pyridine rings is 1. The molecule has 22 heavy (non-hydrogen) atoms. The number of halogens is 2. The molecule has 3 rings (SSSR count). The first-order valence-corrected chi connectivity index (χ1v) is 7.42. The second kappa shape index (κ2) is 5.94. The molecular formula is C15H8F2N2OS2. The van der Waals surface area contributed by atoms with E-state index >= 15 is 0 Å². The summed E-state index contributed by atoms with van der Waals surface area (Å²) in [6, 6.07) is 6.87. The molecule has 0 unspecified atom stereocenters. The van der Waals surface area contributed by atoms with E-state index in [0.717, 1.165) is 23.9 Å². The van der Waals surface area contributed by atoms with Crippen LogP contribution < -0.4 is 4.90 Å². The largest absolute Gasteiger partial charge is 0.270 e. The van der Waals surface area contributed by atoms with Crippen molar-refractivity contribution in [2.45, 2.75) is 0 Å². The summed E-state index contributed by atoms with van der Waals surface area (Å²) in [7, 11) is 0. The summed E-state index contributed by atoms with van der Waals surface area (Å²) in [5, 5.41) is 0. The first-order chi connectivity index (χ1) is 10.6. The van der Waals surface area contributed by atoms with Crippen molar-refractivity contribution in [2.75, 3.05) is 4.90 Å². The van der Waals surface area contributed by atoms with Gasteiger partial charge in [-0.05, 0) is 35.9 Å². The molecule has 0 atom stereocenters. The van der Waals surface area contributed by atoms with Gasteiger partial charge in [-0.2, -0.15) is 0 Å². The molecule has 1 aliphatic heterocycles. The second-order valence-corrected chi connectivity index (χ2v) is 6.08. The third-order valence-corrected chi connectivity index (χ3v) is 4.24. The van der Waals surface area contributed by atoms with E-state index in [-0.39, 0.29) is 5.91 Å². The molecule has 0 N–H and O–H groups in total. The van der Waals surface area contributed by atoms with Gasteiger partial charge in [-0.3, -0.25) is 14.7 Å². The zero-order valence-corrected chi connectivity index (χ0v) is 12.6. The van der Waals surface area contributed by atoms with Gasteiger partial charge in [0.1, 0.15) is 0 Å². The summed E-state index contributed by atoms with van der Waals surface area (Å²) in [5.74, 6) is -2.20. The van der Waals surface area contributed by atoms with E-state index in [2.05, 4.69) is 4.98 Å². The number of carbonyl (C=O) groups excluding carboxylic acids is 1. The maximum absolute atomic E-state index is 13.2. The smallest absolute Gasteiger partial charge is 0.268 e. The highest BCUT2D eigenvalue weighted by molar-refractivity contribution is 8.27. The van der Waals surface area contributed by atoms with Crippen molar-refractivity contribution in [1.82, 2.24) is 4.98 Å². The van der Waals surface area contributed by atoms with E-state index in [1.54, 1.807) is 18.3 Å². The van der Waals surface area contributed by atoms with Crippen LogP contribution in [0.5, 0.6) is 0 Å². The lowest BCUT2D eigenvalue weighted by atomic mass is 10.2. The molecule has 2 aromatic rings. The summed E-state index contributed by atoms with van der Waals surface area (Å²) in [4.78, 5) is 18.1. The molecule has 1 saturated heterocycles. The van der Waals surface area contributed by atoms with E-state index < -0.39 is 11.6 Å². The topological polar surface area (TPSA) is 33.2 Å². The van der Waals surface area contributed by atoms with E-state index in [1.165, 1.54) is 23.2 Å². The van der Waals surface area contributed by atoms with Crippen molar-refractivity contribution >= 4 is 46.0 Å². The van der Waals surface area contributed by atoms with Gasteiger partial charge in [0.2, 0.25) is 0 Å². The predicted molar refractivity (Wildman–Crippen MR) is 86.2 cm³/mol. The molecule has 110 valence electrons. The average Bonchev–Trinajstić information content (AvgIpc) is 2.78. The standard InChI is InChI=1S/C15H8F2N2OS2/c16-11-4-3-9(6-12(11)17)7-13-14(20)19(15(21)22-13)10-2-1-5-18-8-10/h1-8H/b13-7-. The van der Waals surface area contributed by atoms with Crippen LogP contribution in [-0.2, 0) is 4.79 Å². The minimum atomic E-state index is -0.962. The van der Waals surface area contributed by atoms with Gasteiger partial charge in [0, 0.05) is 6.20 Å². The van der Waals surface area contributed by atoms with Crippen LogP contribution in [0.4, 0.5) is 14.5 Å². The van der Waals surface area contributed by atoms with Crippen molar-refractivity contribution in [3.8, 4) is 0 Å². The summed E-state index contributed by atoms with van der Waals surface area (Å²) < 4.78 is 26.5. The van der Waals surface area contributed by atoms with Crippen molar-refractivity contribution in [1.29, 1.82) is 0 Å². The van der Waals surface area contributed by atoms with Crippen molar-refractivity contribution in [3.63, 3.8) is 0 Å². The first kappa shape index (κ1) is 14.8. The Morgan fingerprint density at radius 3 is 2.73 bits per heavy atom. The van der Waals surface area contributed by atoms with Crippen LogP contribution in [0, 0.1) is 11.6 Å². The molecule has 1 amide bonds. The maximum Gasteiger partial charge on any atom is 0.270 e. The number of thiocarbonyl (C=S) groups is 1. The number of carbonyl (C=O) groups is 1. The Balaban J connectivity index is 1.93. The molecule has 0 bridgehead atoms. The lowest BCUT2D eigenvalue weighted by Crippen LogP contribution is -2.27. The minimum absolute atomic E-state index is 0.312. The van der Waals surface area contributed by atoms with Gasteiger partial charge in [-0.1, -0.05) is 30.0 Å². The van der Waals surface area contributed by atoms with E-state index in [4.69, 9.17) is 12.2 Å². The average molecular weight is 334 g/mol. The number of anilines is 1. The molecule has 1 aromatic heterocycles. The Morgan fingerprint density at radius 2 is 2.05 bits per heavy atom. The van der Waals surface area contributed by atoms with E-state index in [9.17, 15) is 13.6 Å².